The van der Waals surface area contributed by atoms with Gasteiger partial charge in [0, 0.05) is 19.6 Å². The predicted octanol–water partition coefficient (Wildman–Crippen LogP) is 0.675. The van der Waals surface area contributed by atoms with Crippen LogP contribution in [0.3, 0.4) is 0 Å². The number of fused-ring (bicyclic) bond motifs is 1. The highest BCUT2D eigenvalue weighted by Gasteiger charge is 2.27. The molecule has 0 aliphatic carbocycles. The Morgan fingerprint density at radius 1 is 1.35 bits per heavy atom. The second-order valence-electron chi connectivity index (χ2n) is 4.56. The van der Waals surface area contributed by atoms with Crippen molar-refractivity contribution in [3.8, 4) is 0 Å². The molecule has 1 aromatic rings. The molecule has 0 saturated carbocycles. The van der Waals surface area contributed by atoms with Crippen LogP contribution in [0.15, 0.2) is 6.20 Å². The zero-order valence-corrected chi connectivity index (χ0v) is 9.93. The molecule has 0 N–H and O–H groups in total. The van der Waals surface area contributed by atoms with Gasteiger partial charge in [0.15, 0.2) is 0 Å². The first-order valence-corrected chi connectivity index (χ1v) is 5.93. The number of ether oxygens (including phenoxy) is 1. The summed E-state index contributed by atoms with van der Waals surface area (Å²) in [6.07, 6.45) is 2.41. The minimum absolute atomic E-state index is 0.250. The van der Waals surface area contributed by atoms with Gasteiger partial charge >= 0.3 is 6.09 Å². The lowest BCUT2D eigenvalue weighted by Gasteiger charge is -2.29. The SMILES string of the molecule is CN1CCn2ncc(N3CCCOC3=O)c2C1. The molecule has 6 heteroatoms. The first-order chi connectivity index (χ1) is 8.25. The molecular formula is C11H16N4O2. The molecular weight excluding hydrogens is 220 g/mol. The highest BCUT2D eigenvalue weighted by Crippen LogP contribution is 2.26. The fourth-order valence-electron chi connectivity index (χ4n) is 2.35. The minimum atomic E-state index is -0.250. The van der Waals surface area contributed by atoms with Crippen LogP contribution in [-0.4, -0.2) is 47.5 Å². The number of hydrogen-bond acceptors (Lipinski definition) is 4. The van der Waals surface area contributed by atoms with Crippen molar-refractivity contribution in [1.82, 2.24) is 14.7 Å². The predicted molar refractivity (Wildman–Crippen MR) is 61.9 cm³/mol. The number of carbonyl (C=O) groups excluding carboxylic acids is 1. The van der Waals surface area contributed by atoms with Crippen molar-refractivity contribution >= 4 is 11.8 Å². The number of anilines is 1. The van der Waals surface area contributed by atoms with Crippen LogP contribution in [-0.2, 0) is 17.8 Å². The molecule has 0 spiro atoms. The lowest BCUT2D eigenvalue weighted by atomic mass is 10.2. The summed E-state index contributed by atoms with van der Waals surface area (Å²) >= 11 is 0. The van der Waals surface area contributed by atoms with E-state index in [-0.39, 0.29) is 6.09 Å². The molecule has 1 saturated heterocycles. The molecule has 1 aromatic heterocycles. The molecule has 0 aromatic carbocycles. The molecule has 3 rings (SSSR count). The van der Waals surface area contributed by atoms with Crippen molar-refractivity contribution < 1.29 is 9.53 Å². The van der Waals surface area contributed by atoms with Gasteiger partial charge in [-0.15, -0.1) is 0 Å². The van der Waals surface area contributed by atoms with Gasteiger partial charge in [-0.2, -0.15) is 5.10 Å². The van der Waals surface area contributed by atoms with Gasteiger partial charge in [-0.05, 0) is 13.5 Å². The van der Waals surface area contributed by atoms with E-state index in [9.17, 15) is 4.79 Å². The normalized spacial score (nSPS) is 21.2. The van der Waals surface area contributed by atoms with Crippen molar-refractivity contribution in [2.45, 2.75) is 19.5 Å². The van der Waals surface area contributed by atoms with Gasteiger partial charge < -0.3 is 4.74 Å². The molecule has 2 aliphatic heterocycles. The van der Waals surface area contributed by atoms with E-state index in [2.05, 4.69) is 17.0 Å². The summed E-state index contributed by atoms with van der Waals surface area (Å²) < 4.78 is 7.05. The van der Waals surface area contributed by atoms with Crippen molar-refractivity contribution in [1.29, 1.82) is 0 Å². The third kappa shape index (κ3) is 1.78. The average Bonchev–Trinajstić information content (AvgIpc) is 2.72. The number of rotatable bonds is 1. The van der Waals surface area contributed by atoms with Gasteiger partial charge in [-0.3, -0.25) is 14.5 Å². The van der Waals surface area contributed by atoms with Crippen LogP contribution in [0.25, 0.3) is 0 Å². The lowest BCUT2D eigenvalue weighted by molar-refractivity contribution is 0.140. The lowest BCUT2D eigenvalue weighted by Crippen LogP contribution is -2.39. The van der Waals surface area contributed by atoms with Crippen LogP contribution < -0.4 is 4.90 Å². The fraction of sp³-hybridized carbons (Fsp3) is 0.636. The van der Waals surface area contributed by atoms with Crippen LogP contribution in [0.5, 0.6) is 0 Å². The van der Waals surface area contributed by atoms with Crippen molar-refractivity contribution in [2.24, 2.45) is 0 Å². The maximum Gasteiger partial charge on any atom is 0.414 e. The largest absolute Gasteiger partial charge is 0.449 e. The number of carbonyl (C=O) groups is 1. The van der Waals surface area contributed by atoms with Crippen LogP contribution in [0.4, 0.5) is 10.5 Å². The Morgan fingerprint density at radius 2 is 2.24 bits per heavy atom. The third-order valence-corrected chi connectivity index (χ3v) is 3.30. The van der Waals surface area contributed by atoms with Gasteiger partial charge in [0.25, 0.3) is 0 Å². The number of cyclic esters (lactones) is 1. The minimum Gasteiger partial charge on any atom is -0.449 e. The summed E-state index contributed by atoms with van der Waals surface area (Å²) in [5.41, 5.74) is 2.01. The van der Waals surface area contributed by atoms with Gasteiger partial charge in [0.05, 0.1) is 30.7 Å². The summed E-state index contributed by atoms with van der Waals surface area (Å²) in [7, 11) is 2.08. The Hall–Kier alpha value is -1.56. The van der Waals surface area contributed by atoms with Crippen LogP contribution in [0, 0.1) is 0 Å². The van der Waals surface area contributed by atoms with Crippen molar-refractivity contribution in [3.05, 3.63) is 11.9 Å². The zero-order valence-electron chi connectivity index (χ0n) is 9.93. The van der Waals surface area contributed by atoms with Crippen molar-refractivity contribution in [2.75, 3.05) is 31.6 Å². The maximum atomic E-state index is 11.7. The van der Waals surface area contributed by atoms with Crippen molar-refractivity contribution in [3.63, 3.8) is 0 Å². The van der Waals surface area contributed by atoms with E-state index >= 15 is 0 Å². The molecule has 1 fully saturated rings. The Labute approximate surface area is 99.7 Å². The molecule has 3 heterocycles. The van der Waals surface area contributed by atoms with E-state index in [0.29, 0.717) is 6.61 Å². The molecule has 6 nitrogen and oxygen atoms in total. The summed E-state index contributed by atoms with van der Waals surface area (Å²) in [6, 6.07) is 0. The van der Waals surface area contributed by atoms with E-state index in [0.717, 1.165) is 44.0 Å². The van der Waals surface area contributed by atoms with Gasteiger partial charge in [0.1, 0.15) is 0 Å². The molecule has 92 valence electrons. The van der Waals surface area contributed by atoms with Gasteiger partial charge in [0.2, 0.25) is 0 Å². The van der Waals surface area contributed by atoms with E-state index in [1.807, 2.05) is 4.68 Å². The van der Waals surface area contributed by atoms with E-state index in [1.165, 1.54) is 0 Å². The second-order valence-corrected chi connectivity index (χ2v) is 4.56. The molecule has 2 aliphatic rings. The topological polar surface area (TPSA) is 50.6 Å². The number of hydrogen-bond donors (Lipinski definition) is 0. The molecule has 0 bridgehead atoms. The molecule has 1 amide bonds. The fourth-order valence-corrected chi connectivity index (χ4v) is 2.35. The Morgan fingerprint density at radius 3 is 3.06 bits per heavy atom. The average molecular weight is 236 g/mol. The Bertz CT molecular complexity index is 443. The molecule has 17 heavy (non-hydrogen) atoms. The summed E-state index contributed by atoms with van der Waals surface area (Å²) in [4.78, 5) is 15.6. The summed E-state index contributed by atoms with van der Waals surface area (Å²) in [5, 5.41) is 4.34. The zero-order chi connectivity index (χ0) is 11.8. The third-order valence-electron chi connectivity index (χ3n) is 3.30. The Balaban J connectivity index is 1.92. The standard InChI is InChI=1S/C11H16N4O2/c1-13-4-5-15-10(8-13)9(7-12-15)14-3-2-6-17-11(14)16/h7H,2-6,8H2,1H3. The first-order valence-electron chi connectivity index (χ1n) is 5.93. The molecule has 0 unspecified atom stereocenters. The summed E-state index contributed by atoms with van der Waals surface area (Å²) in [5.74, 6) is 0. The van der Waals surface area contributed by atoms with Crippen LogP contribution in [0.1, 0.15) is 12.1 Å². The number of amides is 1. The van der Waals surface area contributed by atoms with Crippen LogP contribution >= 0.6 is 0 Å². The monoisotopic (exact) mass is 236 g/mol. The first kappa shape index (κ1) is 10.6. The quantitative estimate of drug-likeness (QED) is 0.719. The van der Waals surface area contributed by atoms with E-state index in [1.54, 1.807) is 11.1 Å². The van der Waals surface area contributed by atoms with Gasteiger partial charge in [-0.25, -0.2) is 4.79 Å². The van der Waals surface area contributed by atoms with Gasteiger partial charge in [-0.1, -0.05) is 0 Å². The highest BCUT2D eigenvalue weighted by atomic mass is 16.6. The number of aromatic nitrogens is 2. The summed E-state index contributed by atoms with van der Waals surface area (Å²) in [6.45, 7) is 3.96. The van der Waals surface area contributed by atoms with E-state index in [4.69, 9.17) is 4.74 Å². The highest BCUT2D eigenvalue weighted by molar-refractivity contribution is 5.88. The molecule has 0 atom stereocenters. The van der Waals surface area contributed by atoms with E-state index < -0.39 is 0 Å². The maximum absolute atomic E-state index is 11.7. The number of nitrogens with zero attached hydrogens (tertiary/aromatic N) is 4. The molecule has 0 radical (unpaired) electrons. The number of likely N-dealkylation sites (N-methyl/N-ethyl adjacent to an activating group) is 1. The second kappa shape index (κ2) is 4.03. The Kier molecular flexibility index (Phi) is 2.51. The smallest absolute Gasteiger partial charge is 0.414 e. The van der Waals surface area contributed by atoms with Crippen LogP contribution in [0.2, 0.25) is 0 Å².